The molecule has 2 aliphatic rings. The van der Waals surface area contributed by atoms with Crippen LogP contribution >= 0.6 is 11.8 Å². The zero-order chi connectivity index (χ0) is 35.0. The molecular weight excluding hydrogens is 614 g/mol. The second-order valence-electron chi connectivity index (χ2n) is 14.9. The molecule has 1 aliphatic heterocycles. The van der Waals surface area contributed by atoms with Crippen molar-refractivity contribution >= 4 is 35.4 Å². The van der Waals surface area contributed by atoms with Gasteiger partial charge >= 0.3 is 6.03 Å². The predicted octanol–water partition coefficient (Wildman–Crippen LogP) is 4.33. The summed E-state index contributed by atoms with van der Waals surface area (Å²) >= 11 is 1.71. The lowest BCUT2D eigenvalue weighted by Gasteiger charge is -2.40. The van der Waals surface area contributed by atoms with Crippen molar-refractivity contribution in [2.75, 3.05) is 12.3 Å². The molecule has 4 atom stereocenters. The van der Waals surface area contributed by atoms with E-state index in [1.165, 1.54) is 4.90 Å². The first kappa shape index (κ1) is 38.1. The molecule has 0 spiro atoms. The van der Waals surface area contributed by atoms with Crippen LogP contribution in [0.15, 0.2) is 47.0 Å². The summed E-state index contributed by atoms with van der Waals surface area (Å²) in [5.74, 6) is 0.578. The van der Waals surface area contributed by atoms with E-state index in [2.05, 4.69) is 34.0 Å². The van der Waals surface area contributed by atoms with E-state index in [-0.39, 0.29) is 42.3 Å². The molecule has 11 heteroatoms. The standard InChI is InChI=1S/C36H53N5O5S/c1-8-9-18-26(28(42)30(37)43)38-31(44)27-21-24(34(2,3)4)22-41(27)32(45)29(35(5,6)7)39-33(46)40-36(19-14-11-15-20-36)23-47-25-16-12-10-13-17-25/h1,10,12-13,16-17,21,24,26,29,31,38,44H,9,11,14-15,18-20,22-23H2,2-7H3,(H2,37,43)(H2,39,40,46)/t24?,26?,29-,31?/m1/s1. The molecule has 4 amide bonds. The Labute approximate surface area is 284 Å². The van der Waals surface area contributed by atoms with Gasteiger partial charge in [-0.15, -0.1) is 24.1 Å². The first-order valence-corrected chi connectivity index (χ1v) is 17.5. The van der Waals surface area contributed by atoms with Gasteiger partial charge in [-0.1, -0.05) is 85.1 Å². The molecule has 1 aliphatic carbocycles. The Morgan fingerprint density at radius 3 is 2.28 bits per heavy atom. The number of ketones is 1. The summed E-state index contributed by atoms with van der Waals surface area (Å²) in [5, 5.41) is 20.4. The average molecular weight is 668 g/mol. The summed E-state index contributed by atoms with van der Waals surface area (Å²) in [7, 11) is 0. The summed E-state index contributed by atoms with van der Waals surface area (Å²) in [6.45, 7) is 12.0. The highest BCUT2D eigenvalue weighted by molar-refractivity contribution is 7.99. The van der Waals surface area contributed by atoms with Crippen molar-refractivity contribution < 1.29 is 24.3 Å². The van der Waals surface area contributed by atoms with Gasteiger partial charge in [0.05, 0.1) is 17.3 Å². The molecular formula is C36H53N5O5S. The van der Waals surface area contributed by atoms with Gasteiger partial charge < -0.3 is 26.4 Å². The number of benzene rings is 1. The number of hydrogen-bond donors (Lipinski definition) is 5. The number of nitrogens with two attached hydrogens (primary N) is 1. The van der Waals surface area contributed by atoms with E-state index in [0.29, 0.717) is 5.75 Å². The lowest BCUT2D eigenvalue weighted by atomic mass is 9.81. The van der Waals surface area contributed by atoms with Gasteiger partial charge in [-0.05, 0) is 42.2 Å². The maximum absolute atomic E-state index is 14.4. The molecule has 47 heavy (non-hydrogen) atoms. The van der Waals surface area contributed by atoms with Gasteiger partial charge in [0.15, 0.2) is 0 Å². The van der Waals surface area contributed by atoms with Gasteiger partial charge in [0.25, 0.3) is 5.91 Å². The highest BCUT2D eigenvalue weighted by Crippen LogP contribution is 2.37. The number of primary amides is 1. The molecule has 1 fully saturated rings. The smallest absolute Gasteiger partial charge is 0.315 e. The number of nitrogens with zero attached hydrogens (tertiary/aromatic N) is 1. The van der Waals surface area contributed by atoms with Crippen LogP contribution in [-0.2, 0) is 14.4 Å². The molecule has 3 unspecified atom stereocenters. The SMILES string of the molecule is C#CCCC(NC(O)C1=CC(C(C)(C)C)CN1C(=O)[C@@H](NC(=O)NC1(CSc2ccccc2)CCCCC1)C(C)(C)C)C(=O)C(N)=O. The largest absolute Gasteiger partial charge is 0.373 e. The van der Waals surface area contributed by atoms with Crippen LogP contribution in [0, 0.1) is 29.1 Å². The van der Waals surface area contributed by atoms with E-state index in [1.807, 2.05) is 65.8 Å². The number of hydrogen-bond acceptors (Lipinski definition) is 7. The van der Waals surface area contributed by atoms with Gasteiger partial charge in [-0.25, -0.2) is 4.79 Å². The Morgan fingerprint density at radius 2 is 1.72 bits per heavy atom. The number of carbonyl (C=O) groups excluding carboxylic acids is 4. The van der Waals surface area contributed by atoms with E-state index < -0.39 is 47.0 Å². The lowest BCUT2D eigenvalue weighted by molar-refractivity contribution is -0.138. The van der Waals surface area contributed by atoms with E-state index in [4.69, 9.17) is 12.2 Å². The van der Waals surface area contributed by atoms with Crippen molar-refractivity contribution in [3.05, 3.63) is 42.1 Å². The van der Waals surface area contributed by atoms with Crippen LogP contribution in [-0.4, -0.2) is 69.8 Å². The predicted molar refractivity (Wildman–Crippen MR) is 186 cm³/mol. The van der Waals surface area contributed by atoms with Crippen molar-refractivity contribution in [2.24, 2.45) is 22.5 Å². The molecule has 1 heterocycles. The molecule has 0 bridgehead atoms. The summed E-state index contributed by atoms with van der Waals surface area (Å²) < 4.78 is 0. The number of Topliss-reactive ketones (excluding diaryl/α,β-unsaturated/α-hetero) is 1. The third-order valence-corrected chi connectivity index (χ3v) is 10.4. The van der Waals surface area contributed by atoms with Crippen LogP contribution in [0.4, 0.5) is 4.79 Å². The Balaban J connectivity index is 1.85. The van der Waals surface area contributed by atoms with E-state index >= 15 is 0 Å². The summed E-state index contributed by atoms with van der Waals surface area (Å²) in [6.07, 6.45) is 10.8. The highest BCUT2D eigenvalue weighted by Gasteiger charge is 2.44. The Morgan fingerprint density at radius 1 is 1.09 bits per heavy atom. The zero-order valence-electron chi connectivity index (χ0n) is 28.7. The number of carbonyl (C=O) groups is 4. The Bertz CT molecular complexity index is 1340. The first-order chi connectivity index (χ1) is 22.0. The fourth-order valence-corrected chi connectivity index (χ4v) is 7.23. The maximum Gasteiger partial charge on any atom is 0.315 e. The Kier molecular flexibility index (Phi) is 13.1. The fourth-order valence-electron chi connectivity index (χ4n) is 6.08. The first-order valence-electron chi connectivity index (χ1n) is 16.5. The van der Waals surface area contributed by atoms with Crippen LogP contribution in [0.5, 0.6) is 0 Å². The molecule has 10 nitrogen and oxygen atoms in total. The third-order valence-electron chi connectivity index (χ3n) is 9.05. The second-order valence-corrected chi connectivity index (χ2v) is 16.0. The fraction of sp³-hybridized carbons (Fsp3) is 0.611. The molecule has 3 rings (SSSR count). The number of amides is 4. The maximum atomic E-state index is 14.4. The molecule has 0 radical (unpaired) electrons. The topological polar surface area (TPSA) is 154 Å². The van der Waals surface area contributed by atoms with Crippen molar-refractivity contribution in [1.82, 2.24) is 20.9 Å². The highest BCUT2D eigenvalue weighted by atomic mass is 32.2. The van der Waals surface area contributed by atoms with Crippen LogP contribution < -0.4 is 21.7 Å². The van der Waals surface area contributed by atoms with Gasteiger partial charge in [0.2, 0.25) is 11.7 Å². The van der Waals surface area contributed by atoms with Crippen LogP contribution in [0.25, 0.3) is 0 Å². The normalized spacial score (nSPS) is 19.9. The van der Waals surface area contributed by atoms with Crippen molar-refractivity contribution in [3.8, 4) is 12.3 Å². The number of thioether (sulfide) groups is 1. The monoisotopic (exact) mass is 667 g/mol. The lowest BCUT2D eigenvalue weighted by Crippen LogP contribution is -2.61. The van der Waals surface area contributed by atoms with E-state index in [1.54, 1.807) is 11.8 Å². The van der Waals surface area contributed by atoms with E-state index in [9.17, 15) is 24.3 Å². The quantitative estimate of drug-likeness (QED) is 0.0909. The molecule has 1 aromatic carbocycles. The second kappa shape index (κ2) is 16.2. The zero-order valence-corrected chi connectivity index (χ0v) is 29.5. The van der Waals surface area contributed by atoms with Gasteiger partial charge in [0, 0.05) is 29.5 Å². The van der Waals surface area contributed by atoms with Crippen LogP contribution in [0.2, 0.25) is 0 Å². The van der Waals surface area contributed by atoms with Crippen molar-refractivity contribution in [1.29, 1.82) is 0 Å². The Hall–Kier alpha value is -3.33. The van der Waals surface area contributed by atoms with E-state index in [0.717, 1.165) is 37.0 Å². The average Bonchev–Trinajstić information content (AvgIpc) is 3.47. The molecule has 6 N–H and O–H groups in total. The van der Waals surface area contributed by atoms with Crippen molar-refractivity contribution in [2.45, 2.75) is 115 Å². The number of rotatable bonds is 13. The molecule has 0 aromatic heterocycles. The van der Waals surface area contributed by atoms with Gasteiger partial charge in [-0.3, -0.25) is 19.7 Å². The van der Waals surface area contributed by atoms with Crippen LogP contribution in [0.3, 0.4) is 0 Å². The molecule has 1 aromatic rings. The number of aliphatic hydroxyl groups excluding tert-OH is 1. The number of urea groups is 1. The summed E-state index contributed by atoms with van der Waals surface area (Å²) in [4.78, 5) is 55.1. The molecule has 258 valence electrons. The minimum atomic E-state index is -1.48. The molecule has 0 saturated heterocycles. The third kappa shape index (κ3) is 10.6. The summed E-state index contributed by atoms with van der Waals surface area (Å²) in [5.41, 5.74) is 4.15. The number of aliphatic hydroxyl groups is 1. The minimum Gasteiger partial charge on any atom is -0.373 e. The number of terminal acetylenes is 1. The molecule has 1 saturated carbocycles. The van der Waals surface area contributed by atoms with Gasteiger partial charge in [-0.2, -0.15) is 0 Å². The summed E-state index contributed by atoms with van der Waals surface area (Å²) in [6, 6.07) is 7.62. The number of nitrogens with one attached hydrogen (secondary N) is 3. The minimum absolute atomic E-state index is 0.0793. The van der Waals surface area contributed by atoms with Crippen LogP contribution in [0.1, 0.15) is 86.5 Å². The van der Waals surface area contributed by atoms with Gasteiger partial charge in [0.1, 0.15) is 12.3 Å². The van der Waals surface area contributed by atoms with Crippen molar-refractivity contribution in [3.63, 3.8) is 0 Å².